The maximum Gasteiger partial charge on any atom is 0.353 e. The van der Waals surface area contributed by atoms with E-state index in [2.05, 4.69) is 68.7 Å². The van der Waals surface area contributed by atoms with Gasteiger partial charge in [0.05, 0.1) is 11.0 Å². The van der Waals surface area contributed by atoms with E-state index < -0.39 is 0 Å². The van der Waals surface area contributed by atoms with Gasteiger partial charge in [-0.2, -0.15) is 0 Å². The minimum Gasteiger partial charge on any atom is -0.360 e. The SMILES string of the molecule is CC(C)(C)Nc1ncnc(N2CCN(C(c3ccccc3)c3ccccc3)CC2)c1[N+](=O)[O-]. The number of nitrogens with zero attached hydrogens (tertiary/aromatic N) is 5. The molecule has 1 fully saturated rings. The number of rotatable bonds is 6. The van der Waals surface area contributed by atoms with Crippen molar-refractivity contribution in [1.29, 1.82) is 0 Å². The molecule has 1 aliphatic heterocycles. The quantitative estimate of drug-likeness (QED) is 0.440. The summed E-state index contributed by atoms with van der Waals surface area (Å²) in [6, 6.07) is 21.1. The van der Waals surface area contributed by atoms with E-state index in [4.69, 9.17) is 0 Å². The van der Waals surface area contributed by atoms with Crippen LogP contribution in [0.4, 0.5) is 17.3 Å². The average molecular weight is 447 g/mol. The number of hydrogen-bond acceptors (Lipinski definition) is 7. The minimum absolute atomic E-state index is 0.0662. The standard InChI is InChI=1S/C25H30N6O2/c1-25(2,3)28-23-22(31(32)33)24(27-18-26-23)30-16-14-29(15-17-30)21(19-10-6-4-7-11-19)20-12-8-5-9-13-20/h4-13,18,21H,14-17H2,1-3H3,(H,26,27,28). The highest BCUT2D eigenvalue weighted by Gasteiger charge is 2.32. The maximum absolute atomic E-state index is 12.0. The average Bonchev–Trinajstić information content (AvgIpc) is 2.80. The lowest BCUT2D eigenvalue weighted by molar-refractivity contribution is -0.383. The summed E-state index contributed by atoms with van der Waals surface area (Å²) in [5.74, 6) is 0.628. The van der Waals surface area contributed by atoms with E-state index in [0.29, 0.717) is 18.9 Å². The van der Waals surface area contributed by atoms with Crippen LogP contribution in [0, 0.1) is 10.1 Å². The van der Waals surface area contributed by atoms with E-state index in [9.17, 15) is 10.1 Å². The molecule has 4 rings (SSSR count). The number of nitrogens with one attached hydrogen (secondary N) is 1. The fraction of sp³-hybridized carbons (Fsp3) is 0.360. The van der Waals surface area contributed by atoms with Crippen LogP contribution in [-0.4, -0.2) is 51.5 Å². The molecule has 1 saturated heterocycles. The summed E-state index contributed by atoms with van der Waals surface area (Å²) < 4.78 is 0. The van der Waals surface area contributed by atoms with Crippen molar-refractivity contribution in [3.8, 4) is 0 Å². The van der Waals surface area contributed by atoms with Gasteiger partial charge in [0.2, 0.25) is 11.6 Å². The Kier molecular flexibility index (Phi) is 6.55. The molecule has 1 N–H and O–H groups in total. The van der Waals surface area contributed by atoms with Crippen molar-refractivity contribution in [2.75, 3.05) is 36.4 Å². The monoisotopic (exact) mass is 446 g/mol. The van der Waals surface area contributed by atoms with Crippen molar-refractivity contribution in [3.05, 3.63) is 88.2 Å². The summed E-state index contributed by atoms with van der Waals surface area (Å²) in [7, 11) is 0. The summed E-state index contributed by atoms with van der Waals surface area (Å²) in [5.41, 5.74) is 2.06. The second-order valence-electron chi connectivity index (χ2n) is 9.27. The minimum atomic E-state index is -0.382. The Hall–Kier alpha value is -3.52. The molecule has 1 aliphatic rings. The first-order valence-corrected chi connectivity index (χ1v) is 11.2. The molecule has 0 aliphatic carbocycles. The van der Waals surface area contributed by atoms with Gasteiger partial charge >= 0.3 is 5.69 Å². The van der Waals surface area contributed by atoms with E-state index in [1.807, 2.05) is 37.8 Å². The first kappa shape index (κ1) is 22.7. The van der Waals surface area contributed by atoms with Crippen molar-refractivity contribution < 1.29 is 4.92 Å². The van der Waals surface area contributed by atoms with E-state index in [1.165, 1.54) is 17.5 Å². The highest BCUT2D eigenvalue weighted by molar-refractivity contribution is 5.71. The van der Waals surface area contributed by atoms with Gasteiger partial charge < -0.3 is 10.2 Å². The van der Waals surface area contributed by atoms with Gasteiger partial charge in [0, 0.05) is 31.7 Å². The van der Waals surface area contributed by atoms with E-state index in [-0.39, 0.29) is 28.0 Å². The molecule has 33 heavy (non-hydrogen) atoms. The number of nitro groups is 1. The lowest BCUT2D eigenvalue weighted by Crippen LogP contribution is -2.48. The van der Waals surface area contributed by atoms with Gasteiger partial charge in [0.1, 0.15) is 6.33 Å². The number of piperazine rings is 1. The van der Waals surface area contributed by atoms with E-state index in [1.54, 1.807) is 0 Å². The summed E-state index contributed by atoms with van der Waals surface area (Å²) in [4.78, 5) is 24.5. The Morgan fingerprint density at radius 2 is 1.45 bits per heavy atom. The zero-order chi connectivity index (χ0) is 23.4. The lowest BCUT2D eigenvalue weighted by Gasteiger charge is -2.40. The molecule has 172 valence electrons. The van der Waals surface area contributed by atoms with Crippen LogP contribution in [0.2, 0.25) is 0 Å². The Labute approximate surface area is 194 Å². The predicted molar refractivity (Wildman–Crippen MR) is 131 cm³/mol. The molecule has 2 aromatic carbocycles. The summed E-state index contributed by atoms with van der Waals surface area (Å²) in [6.45, 7) is 8.65. The summed E-state index contributed by atoms with van der Waals surface area (Å²) in [6.07, 6.45) is 1.40. The smallest absolute Gasteiger partial charge is 0.353 e. The molecule has 0 radical (unpaired) electrons. The van der Waals surface area contributed by atoms with E-state index >= 15 is 0 Å². The van der Waals surface area contributed by atoms with Crippen molar-refractivity contribution >= 4 is 17.3 Å². The molecular formula is C25H30N6O2. The Morgan fingerprint density at radius 3 is 1.94 bits per heavy atom. The van der Waals surface area contributed by atoms with Crippen LogP contribution in [0.25, 0.3) is 0 Å². The van der Waals surface area contributed by atoms with Crippen LogP contribution in [0.5, 0.6) is 0 Å². The fourth-order valence-electron chi connectivity index (χ4n) is 4.29. The molecule has 0 atom stereocenters. The van der Waals surface area contributed by atoms with Gasteiger partial charge in [-0.1, -0.05) is 60.7 Å². The number of anilines is 2. The van der Waals surface area contributed by atoms with Gasteiger partial charge in [0.25, 0.3) is 0 Å². The largest absolute Gasteiger partial charge is 0.360 e. The molecule has 0 bridgehead atoms. The molecule has 2 heterocycles. The Morgan fingerprint density at radius 1 is 0.909 bits per heavy atom. The molecule has 3 aromatic rings. The first-order valence-electron chi connectivity index (χ1n) is 11.2. The van der Waals surface area contributed by atoms with Crippen molar-refractivity contribution in [2.24, 2.45) is 0 Å². The third kappa shape index (κ3) is 5.28. The summed E-state index contributed by atoms with van der Waals surface area (Å²) in [5, 5.41) is 15.1. The predicted octanol–water partition coefficient (Wildman–Crippen LogP) is 4.51. The van der Waals surface area contributed by atoms with Crippen molar-refractivity contribution in [3.63, 3.8) is 0 Å². The van der Waals surface area contributed by atoms with Crippen LogP contribution < -0.4 is 10.2 Å². The Balaban J connectivity index is 1.58. The van der Waals surface area contributed by atoms with Crippen LogP contribution >= 0.6 is 0 Å². The van der Waals surface area contributed by atoms with Crippen LogP contribution in [0.1, 0.15) is 37.9 Å². The number of aromatic nitrogens is 2. The fourth-order valence-corrected chi connectivity index (χ4v) is 4.29. The zero-order valence-corrected chi connectivity index (χ0v) is 19.3. The molecule has 0 saturated carbocycles. The third-order valence-corrected chi connectivity index (χ3v) is 5.69. The van der Waals surface area contributed by atoms with E-state index in [0.717, 1.165) is 13.1 Å². The van der Waals surface area contributed by atoms with Crippen LogP contribution in [0.3, 0.4) is 0 Å². The lowest BCUT2D eigenvalue weighted by atomic mass is 9.96. The maximum atomic E-state index is 12.0. The van der Waals surface area contributed by atoms with Crippen molar-refractivity contribution in [2.45, 2.75) is 32.4 Å². The number of benzene rings is 2. The molecule has 0 spiro atoms. The molecule has 8 heteroatoms. The van der Waals surface area contributed by atoms with Crippen LogP contribution in [-0.2, 0) is 0 Å². The second kappa shape index (κ2) is 9.54. The molecule has 1 aromatic heterocycles. The van der Waals surface area contributed by atoms with Gasteiger partial charge in [-0.15, -0.1) is 0 Å². The Bertz CT molecular complexity index is 1040. The molecule has 0 amide bonds. The van der Waals surface area contributed by atoms with Crippen molar-refractivity contribution in [1.82, 2.24) is 14.9 Å². The molecular weight excluding hydrogens is 416 g/mol. The summed E-state index contributed by atoms with van der Waals surface area (Å²) >= 11 is 0. The molecule has 0 unspecified atom stereocenters. The normalized spacial score (nSPS) is 15.0. The number of hydrogen-bond donors (Lipinski definition) is 1. The molecule has 8 nitrogen and oxygen atoms in total. The van der Waals surface area contributed by atoms with Gasteiger partial charge in [-0.3, -0.25) is 15.0 Å². The van der Waals surface area contributed by atoms with Crippen LogP contribution in [0.15, 0.2) is 67.0 Å². The topological polar surface area (TPSA) is 87.4 Å². The highest BCUT2D eigenvalue weighted by Crippen LogP contribution is 2.35. The second-order valence-corrected chi connectivity index (χ2v) is 9.27. The van der Waals surface area contributed by atoms with Gasteiger partial charge in [-0.05, 0) is 31.9 Å². The first-order chi connectivity index (χ1) is 15.8. The zero-order valence-electron chi connectivity index (χ0n) is 19.3. The highest BCUT2D eigenvalue weighted by atomic mass is 16.6. The van der Waals surface area contributed by atoms with Gasteiger partial charge in [0.15, 0.2) is 0 Å². The third-order valence-electron chi connectivity index (χ3n) is 5.69. The van der Waals surface area contributed by atoms with Gasteiger partial charge in [-0.25, -0.2) is 9.97 Å².